The lowest BCUT2D eigenvalue weighted by atomic mass is 10.2. The minimum Gasteiger partial charge on any atom is -0.482 e. The Labute approximate surface area is 139 Å². The lowest BCUT2D eigenvalue weighted by Crippen LogP contribution is -1.96. The quantitative estimate of drug-likeness (QED) is 0.645. The van der Waals surface area contributed by atoms with E-state index in [1.54, 1.807) is 0 Å². The van der Waals surface area contributed by atoms with E-state index in [9.17, 15) is 4.39 Å². The van der Waals surface area contributed by atoms with Crippen molar-refractivity contribution in [1.82, 2.24) is 10.2 Å². The second-order valence-electron chi connectivity index (χ2n) is 4.37. The van der Waals surface area contributed by atoms with E-state index in [4.69, 9.17) is 20.8 Å². The molecule has 0 fully saturated rings. The maximum atomic E-state index is 12.9. The van der Waals surface area contributed by atoms with Crippen molar-refractivity contribution in [2.24, 2.45) is 0 Å². The molecule has 1 heterocycles. The number of ether oxygens (including phenoxy) is 1. The first-order valence-corrected chi connectivity index (χ1v) is 7.45. The third kappa shape index (κ3) is 3.45. The van der Waals surface area contributed by atoms with Crippen molar-refractivity contribution in [3.05, 3.63) is 63.7 Å². The first-order chi connectivity index (χ1) is 10.6. The zero-order valence-corrected chi connectivity index (χ0v) is 13.4. The van der Waals surface area contributed by atoms with Crippen molar-refractivity contribution in [2.45, 2.75) is 6.61 Å². The van der Waals surface area contributed by atoms with Gasteiger partial charge in [-0.15, -0.1) is 10.2 Å². The molecule has 22 heavy (non-hydrogen) atoms. The summed E-state index contributed by atoms with van der Waals surface area (Å²) in [6, 6.07) is 11.4. The van der Waals surface area contributed by atoms with E-state index in [-0.39, 0.29) is 11.6 Å². The fourth-order valence-corrected chi connectivity index (χ4v) is 2.24. The van der Waals surface area contributed by atoms with E-state index in [2.05, 4.69) is 26.1 Å². The highest BCUT2D eigenvalue weighted by Crippen LogP contribution is 2.26. The standard InChI is InChI=1S/C15H9BrClFN2O2/c16-10-3-1-9(2-4-10)15-20-19-14(22-15)8-21-13-6-5-11(18)7-12(13)17/h1-7H,8H2. The van der Waals surface area contributed by atoms with Crippen LogP contribution < -0.4 is 4.74 Å². The van der Waals surface area contributed by atoms with Crippen LogP contribution in [0.25, 0.3) is 11.5 Å². The van der Waals surface area contributed by atoms with Gasteiger partial charge < -0.3 is 9.15 Å². The summed E-state index contributed by atoms with van der Waals surface area (Å²) in [7, 11) is 0. The molecule has 0 N–H and O–H groups in total. The number of nitrogens with zero attached hydrogens (tertiary/aromatic N) is 2. The maximum Gasteiger partial charge on any atom is 0.254 e. The Balaban J connectivity index is 1.70. The van der Waals surface area contributed by atoms with Gasteiger partial charge in [-0.25, -0.2) is 4.39 Å². The monoisotopic (exact) mass is 382 g/mol. The van der Waals surface area contributed by atoms with Crippen LogP contribution in [0.1, 0.15) is 5.89 Å². The van der Waals surface area contributed by atoms with Crippen LogP contribution in [-0.2, 0) is 6.61 Å². The molecule has 1 aromatic heterocycles. The maximum absolute atomic E-state index is 12.9. The van der Waals surface area contributed by atoms with Gasteiger partial charge in [0.2, 0.25) is 5.89 Å². The van der Waals surface area contributed by atoms with Crippen LogP contribution in [0.15, 0.2) is 51.4 Å². The van der Waals surface area contributed by atoms with Crippen molar-refractivity contribution >= 4 is 27.5 Å². The molecule has 3 aromatic rings. The molecular weight excluding hydrogens is 375 g/mol. The van der Waals surface area contributed by atoms with Gasteiger partial charge in [0, 0.05) is 10.0 Å². The fourth-order valence-electron chi connectivity index (χ4n) is 1.75. The van der Waals surface area contributed by atoms with Gasteiger partial charge in [-0.05, 0) is 42.5 Å². The van der Waals surface area contributed by atoms with Crippen molar-refractivity contribution in [2.75, 3.05) is 0 Å². The Morgan fingerprint density at radius 2 is 1.91 bits per heavy atom. The topological polar surface area (TPSA) is 48.2 Å². The molecule has 0 bridgehead atoms. The number of hydrogen-bond acceptors (Lipinski definition) is 4. The Hall–Kier alpha value is -1.92. The molecule has 2 aromatic carbocycles. The molecule has 0 atom stereocenters. The first kappa shape index (κ1) is 15.0. The molecule has 4 nitrogen and oxygen atoms in total. The minimum atomic E-state index is -0.423. The molecule has 0 unspecified atom stereocenters. The summed E-state index contributed by atoms with van der Waals surface area (Å²) in [6.07, 6.45) is 0. The van der Waals surface area contributed by atoms with Crippen LogP contribution in [-0.4, -0.2) is 10.2 Å². The van der Waals surface area contributed by atoms with Gasteiger partial charge in [-0.3, -0.25) is 0 Å². The fraction of sp³-hybridized carbons (Fsp3) is 0.0667. The van der Waals surface area contributed by atoms with E-state index in [1.165, 1.54) is 18.2 Å². The highest BCUT2D eigenvalue weighted by molar-refractivity contribution is 9.10. The zero-order valence-electron chi connectivity index (χ0n) is 11.1. The average molecular weight is 384 g/mol. The smallest absolute Gasteiger partial charge is 0.254 e. The Bertz CT molecular complexity index is 792. The SMILES string of the molecule is Fc1ccc(OCc2nnc(-c3ccc(Br)cc3)o2)c(Cl)c1. The Morgan fingerprint density at radius 3 is 2.64 bits per heavy atom. The van der Waals surface area contributed by atoms with Crippen molar-refractivity contribution in [3.8, 4) is 17.2 Å². The van der Waals surface area contributed by atoms with Gasteiger partial charge in [-0.1, -0.05) is 27.5 Å². The van der Waals surface area contributed by atoms with Gasteiger partial charge in [0.05, 0.1) is 5.02 Å². The Kier molecular flexibility index (Phi) is 4.40. The first-order valence-electron chi connectivity index (χ1n) is 6.28. The van der Waals surface area contributed by atoms with E-state index >= 15 is 0 Å². The molecular formula is C15H9BrClFN2O2. The molecule has 112 valence electrons. The van der Waals surface area contributed by atoms with Crippen LogP contribution in [0.4, 0.5) is 4.39 Å². The molecule has 0 spiro atoms. The number of benzene rings is 2. The molecule has 0 saturated carbocycles. The molecule has 3 rings (SSSR count). The summed E-state index contributed by atoms with van der Waals surface area (Å²) in [5.74, 6) is 0.633. The largest absolute Gasteiger partial charge is 0.482 e. The number of rotatable bonds is 4. The van der Waals surface area contributed by atoms with Crippen molar-refractivity contribution in [3.63, 3.8) is 0 Å². The third-order valence-electron chi connectivity index (χ3n) is 2.80. The summed E-state index contributed by atoms with van der Waals surface area (Å²) in [5.41, 5.74) is 0.807. The molecule has 0 radical (unpaired) electrons. The average Bonchev–Trinajstić information content (AvgIpc) is 2.96. The van der Waals surface area contributed by atoms with Crippen LogP contribution in [0, 0.1) is 5.82 Å². The summed E-state index contributed by atoms with van der Waals surface area (Å²) >= 11 is 9.24. The van der Waals surface area contributed by atoms with Crippen molar-refractivity contribution < 1.29 is 13.5 Å². The third-order valence-corrected chi connectivity index (χ3v) is 3.63. The molecule has 0 aliphatic rings. The molecule has 7 heteroatoms. The predicted molar refractivity (Wildman–Crippen MR) is 83.2 cm³/mol. The van der Waals surface area contributed by atoms with Gasteiger partial charge in [0.15, 0.2) is 6.61 Å². The summed E-state index contributed by atoms with van der Waals surface area (Å²) in [4.78, 5) is 0. The summed E-state index contributed by atoms with van der Waals surface area (Å²) in [6.45, 7) is 0.0505. The Morgan fingerprint density at radius 1 is 1.14 bits per heavy atom. The normalized spacial score (nSPS) is 10.7. The number of halogens is 3. The van der Waals surface area contributed by atoms with E-state index < -0.39 is 5.82 Å². The second kappa shape index (κ2) is 6.46. The second-order valence-corrected chi connectivity index (χ2v) is 5.69. The highest BCUT2D eigenvalue weighted by atomic mass is 79.9. The predicted octanol–water partition coefficient (Wildman–Crippen LogP) is 4.87. The van der Waals surface area contributed by atoms with Crippen LogP contribution in [0.5, 0.6) is 5.75 Å². The van der Waals surface area contributed by atoms with Crippen LogP contribution in [0.2, 0.25) is 5.02 Å². The summed E-state index contributed by atoms with van der Waals surface area (Å²) in [5, 5.41) is 8.05. The molecule has 0 amide bonds. The number of hydrogen-bond donors (Lipinski definition) is 0. The molecule has 0 aliphatic carbocycles. The molecule has 0 saturated heterocycles. The summed E-state index contributed by atoms with van der Waals surface area (Å²) < 4.78 is 24.9. The van der Waals surface area contributed by atoms with E-state index in [0.29, 0.717) is 17.5 Å². The zero-order chi connectivity index (χ0) is 15.5. The number of aromatic nitrogens is 2. The van der Waals surface area contributed by atoms with E-state index in [1.807, 2.05) is 24.3 Å². The van der Waals surface area contributed by atoms with E-state index in [0.717, 1.165) is 10.0 Å². The lowest BCUT2D eigenvalue weighted by molar-refractivity contribution is 0.264. The van der Waals surface area contributed by atoms with Gasteiger partial charge >= 0.3 is 0 Å². The highest BCUT2D eigenvalue weighted by Gasteiger charge is 2.10. The van der Waals surface area contributed by atoms with Gasteiger partial charge in [0.25, 0.3) is 5.89 Å². The van der Waals surface area contributed by atoms with Crippen LogP contribution >= 0.6 is 27.5 Å². The minimum absolute atomic E-state index is 0.0505. The van der Waals surface area contributed by atoms with Gasteiger partial charge in [-0.2, -0.15) is 0 Å². The lowest BCUT2D eigenvalue weighted by Gasteiger charge is -2.05. The van der Waals surface area contributed by atoms with Crippen LogP contribution in [0.3, 0.4) is 0 Å². The van der Waals surface area contributed by atoms with Crippen molar-refractivity contribution in [1.29, 1.82) is 0 Å². The molecule has 0 aliphatic heterocycles. The van der Waals surface area contributed by atoms with Gasteiger partial charge in [0.1, 0.15) is 11.6 Å².